The summed E-state index contributed by atoms with van der Waals surface area (Å²) in [4.78, 5) is 38.6. The van der Waals surface area contributed by atoms with Crippen molar-refractivity contribution in [1.29, 1.82) is 0 Å². The molecule has 1 saturated heterocycles. The zero-order valence-electron chi connectivity index (χ0n) is 56.5. The van der Waals surface area contributed by atoms with Gasteiger partial charge in [0.05, 0.1) is 23.3 Å². The van der Waals surface area contributed by atoms with Crippen LogP contribution in [0.1, 0.15) is 248 Å². The molecule has 0 unspecified atom stereocenters. The fourth-order valence-electron chi connectivity index (χ4n) is 11.1. The summed E-state index contributed by atoms with van der Waals surface area (Å²) in [6, 6.07) is 22.7. The van der Waals surface area contributed by atoms with Crippen molar-refractivity contribution < 1.29 is 17.6 Å². The lowest BCUT2D eigenvalue weighted by atomic mass is 9.75. The predicted molar refractivity (Wildman–Crippen MR) is 350 cm³/mol. The molecule has 4 aromatic heterocycles. The molecule has 0 N–H and O–H groups in total. The standard InChI is InChI=1S/C19H24F2N2.C18H22F2N2.C18H31N3.C18H24N2/c1-11(2)15-12(3)22-18(23-16(15)17(20)21)13-7-9-14(10-8-13)19(4,5)6;1-11(2)16-10-21-17(22-13(16)5)14-6-8-15(9-7-14)18(19,20)12(3)4;1-12(2)16-13(3)19-17(20-14(16)4)21-10-8-15(9-11-21)18(5,6)7;1-12(2)17-13(3)20-16(11-19-17)14-7-9-15(10-8-14)18(4,5)6/h7-11,17H,1-6H3;6-12H,1-5H3;12,15H,8-11H2,1-7H3;7-12H,1-6H3. The van der Waals surface area contributed by atoms with Crippen LogP contribution in [0, 0.1) is 51.9 Å². The number of nitrogens with zero attached hydrogens (tertiary/aromatic N) is 9. The van der Waals surface area contributed by atoms with Crippen LogP contribution in [0.5, 0.6) is 0 Å². The van der Waals surface area contributed by atoms with Crippen LogP contribution in [-0.2, 0) is 16.8 Å². The normalized spacial score (nSPS) is 13.5. The van der Waals surface area contributed by atoms with Crippen LogP contribution in [0.2, 0.25) is 0 Å². The summed E-state index contributed by atoms with van der Waals surface area (Å²) >= 11 is 0. The van der Waals surface area contributed by atoms with Crippen molar-refractivity contribution in [3.8, 4) is 34.0 Å². The highest BCUT2D eigenvalue weighted by Gasteiger charge is 2.35. The summed E-state index contributed by atoms with van der Waals surface area (Å²) in [5.74, 6) is 0.360. The SMILES string of the molecule is Cc1nc(-c2ccc(C(C)(C)C)cc2)cnc1C(C)C.Cc1nc(-c2ccc(C(C)(C)C)cc2)nc(C(F)F)c1C(C)C.Cc1nc(-c2ccc(C(F)(F)C(C)C)cc2)ncc1C(C)C.Cc1nc(N2CCC(C(C)(C)C)CC2)nc(C)c1C(C)C. The molecule has 466 valence electrons. The molecule has 0 aliphatic carbocycles. The second kappa shape index (κ2) is 29.0. The number of aromatic nitrogens is 8. The largest absolute Gasteiger partial charge is 0.341 e. The Morgan fingerprint density at radius 1 is 0.442 bits per heavy atom. The molecule has 9 nitrogen and oxygen atoms in total. The highest BCUT2D eigenvalue weighted by molar-refractivity contribution is 5.60. The number of anilines is 1. The molecule has 0 amide bonds. The van der Waals surface area contributed by atoms with Gasteiger partial charge in [0.25, 0.3) is 12.3 Å². The van der Waals surface area contributed by atoms with Gasteiger partial charge in [0.15, 0.2) is 11.6 Å². The number of piperidine rings is 1. The van der Waals surface area contributed by atoms with E-state index in [1.165, 1.54) is 55.5 Å². The molecule has 3 aromatic carbocycles. The number of aryl methyl sites for hydroxylation is 5. The van der Waals surface area contributed by atoms with E-state index in [0.29, 0.717) is 46.1 Å². The van der Waals surface area contributed by atoms with Gasteiger partial charge in [-0.2, -0.15) is 0 Å². The van der Waals surface area contributed by atoms with Gasteiger partial charge in [-0.05, 0) is 116 Å². The zero-order valence-corrected chi connectivity index (χ0v) is 56.5. The Balaban J connectivity index is 0.000000210. The molecular formula is C73H101F4N9. The Labute approximate surface area is 514 Å². The number of hydrogen-bond donors (Lipinski definition) is 0. The molecule has 8 rings (SSSR count). The van der Waals surface area contributed by atoms with E-state index in [-0.39, 0.29) is 28.0 Å². The van der Waals surface area contributed by atoms with E-state index in [1.807, 2.05) is 64.4 Å². The Morgan fingerprint density at radius 3 is 1.28 bits per heavy atom. The van der Waals surface area contributed by atoms with Gasteiger partial charge in [-0.3, -0.25) is 4.98 Å². The second-order valence-electron chi connectivity index (χ2n) is 28.1. The first kappa shape index (κ1) is 70.3. The summed E-state index contributed by atoms with van der Waals surface area (Å²) in [6.07, 6.45) is 3.60. The number of rotatable bonds is 11. The Hall–Kier alpha value is -6.50. The molecule has 1 fully saturated rings. The van der Waals surface area contributed by atoms with Gasteiger partial charge in [0, 0.05) is 75.8 Å². The molecule has 13 heteroatoms. The molecule has 86 heavy (non-hydrogen) atoms. The van der Waals surface area contributed by atoms with Gasteiger partial charge in [0.2, 0.25) is 5.95 Å². The minimum Gasteiger partial charge on any atom is -0.341 e. The molecule has 0 atom stereocenters. The lowest BCUT2D eigenvalue weighted by molar-refractivity contribution is -0.0513. The molecule has 1 aliphatic rings. The van der Waals surface area contributed by atoms with Gasteiger partial charge in [-0.1, -0.05) is 204 Å². The molecule has 5 heterocycles. The summed E-state index contributed by atoms with van der Waals surface area (Å²) in [6.45, 7) is 52.0. The molecule has 0 spiro atoms. The minimum absolute atomic E-state index is 0.0294. The van der Waals surface area contributed by atoms with Crippen molar-refractivity contribution in [3.05, 3.63) is 158 Å². The molecule has 1 aliphatic heterocycles. The molecule has 0 bridgehead atoms. The van der Waals surface area contributed by atoms with Gasteiger partial charge in [0.1, 0.15) is 5.69 Å². The molecular weight excluding hydrogens is 1080 g/mol. The second-order valence-corrected chi connectivity index (χ2v) is 28.1. The smallest absolute Gasteiger partial charge is 0.280 e. The monoisotopic (exact) mass is 1180 g/mol. The Kier molecular flexibility index (Phi) is 23.7. The van der Waals surface area contributed by atoms with E-state index in [1.54, 1.807) is 19.1 Å². The van der Waals surface area contributed by atoms with Crippen LogP contribution in [0.25, 0.3) is 34.0 Å². The maximum absolute atomic E-state index is 14.0. The summed E-state index contributed by atoms with van der Waals surface area (Å²) in [5.41, 5.74) is 15.6. The van der Waals surface area contributed by atoms with Gasteiger partial charge in [-0.25, -0.2) is 52.4 Å². The zero-order chi connectivity index (χ0) is 64.6. The maximum atomic E-state index is 14.0. The van der Waals surface area contributed by atoms with Crippen LogP contribution in [0.3, 0.4) is 0 Å². The van der Waals surface area contributed by atoms with E-state index in [0.717, 1.165) is 81.4 Å². The van der Waals surface area contributed by atoms with E-state index >= 15 is 0 Å². The third-order valence-electron chi connectivity index (χ3n) is 16.3. The van der Waals surface area contributed by atoms with E-state index in [9.17, 15) is 17.6 Å². The Bertz CT molecular complexity index is 3280. The molecule has 7 aromatic rings. The predicted octanol–water partition coefficient (Wildman–Crippen LogP) is 20.5. The minimum atomic E-state index is -2.82. The van der Waals surface area contributed by atoms with Crippen LogP contribution >= 0.6 is 0 Å². The average molecular weight is 1180 g/mol. The van der Waals surface area contributed by atoms with Gasteiger partial charge >= 0.3 is 0 Å². The van der Waals surface area contributed by atoms with Crippen molar-refractivity contribution in [1.82, 2.24) is 39.9 Å². The van der Waals surface area contributed by atoms with E-state index in [2.05, 4.69) is 172 Å². The first-order valence-corrected chi connectivity index (χ1v) is 31.0. The van der Waals surface area contributed by atoms with Crippen LogP contribution in [-0.4, -0.2) is 53.0 Å². The summed E-state index contributed by atoms with van der Waals surface area (Å²) < 4.78 is 54.8. The Morgan fingerprint density at radius 2 is 0.884 bits per heavy atom. The fourth-order valence-corrected chi connectivity index (χ4v) is 11.1. The van der Waals surface area contributed by atoms with E-state index < -0.39 is 18.3 Å². The third-order valence-corrected chi connectivity index (χ3v) is 16.3. The van der Waals surface area contributed by atoms with Crippen molar-refractivity contribution in [2.24, 2.45) is 17.3 Å². The van der Waals surface area contributed by atoms with Crippen molar-refractivity contribution >= 4 is 5.95 Å². The first-order chi connectivity index (χ1) is 39.8. The molecule has 0 radical (unpaired) electrons. The van der Waals surface area contributed by atoms with Crippen molar-refractivity contribution in [2.75, 3.05) is 18.0 Å². The van der Waals surface area contributed by atoms with Crippen LogP contribution in [0.4, 0.5) is 23.5 Å². The van der Waals surface area contributed by atoms with Gasteiger partial charge in [-0.15, -0.1) is 0 Å². The lowest BCUT2D eigenvalue weighted by Crippen LogP contribution is -2.39. The first-order valence-electron chi connectivity index (χ1n) is 31.0. The maximum Gasteiger partial charge on any atom is 0.280 e. The molecule has 0 saturated carbocycles. The quantitative estimate of drug-likeness (QED) is 0.117. The highest BCUT2D eigenvalue weighted by Crippen LogP contribution is 2.38. The number of halogens is 4. The highest BCUT2D eigenvalue weighted by atomic mass is 19.3. The van der Waals surface area contributed by atoms with E-state index in [4.69, 9.17) is 15.0 Å². The number of alkyl halides is 4. The number of benzene rings is 3. The number of hydrogen-bond acceptors (Lipinski definition) is 9. The fraction of sp³-hybridized carbons (Fsp3) is 0.534. The summed E-state index contributed by atoms with van der Waals surface area (Å²) in [7, 11) is 0. The van der Waals surface area contributed by atoms with Crippen molar-refractivity contribution in [3.63, 3.8) is 0 Å². The summed E-state index contributed by atoms with van der Waals surface area (Å²) in [5, 5.41) is 0. The van der Waals surface area contributed by atoms with Crippen LogP contribution in [0.15, 0.2) is 85.2 Å². The third kappa shape index (κ3) is 18.3. The van der Waals surface area contributed by atoms with Crippen LogP contribution < -0.4 is 4.90 Å². The lowest BCUT2D eigenvalue weighted by Gasteiger charge is -2.39. The topological polar surface area (TPSA) is 106 Å². The van der Waals surface area contributed by atoms with Gasteiger partial charge < -0.3 is 4.90 Å². The van der Waals surface area contributed by atoms with Crippen molar-refractivity contribution in [2.45, 2.75) is 226 Å². The average Bonchev–Trinajstić information content (AvgIpc) is 1.42.